The van der Waals surface area contributed by atoms with Crippen LogP contribution in [0.25, 0.3) is 0 Å². The van der Waals surface area contributed by atoms with Crippen LogP contribution < -0.4 is 16.2 Å². The van der Waals surface area contributed by atoms with Gasteiger partial charge in [-0.05, 0) is 19.0 Å². The lowest BCUT2D eigenvalue weighted by molar-refractivity contribution is 0.368. The highest BCUT2D eigenvalue weighted by Crippen LogP contribution is 2.33. The summed E-state index contributed by atoms with van der Waals surface area (Å²) in [6, 6.07) is 5.02. The Hall–Kier alpha value is -0.970. The zero-order valence-electron chi connectivity index (χ0n) is 8.64. The van der Waals surface area contributed by atoms with Crippen LogP contribution in [0.15, 0.2) is 18.2 Å². The maximum atomic E-state index is 9.74. The summed E-state index contributed by atoms with van der Waals surface area (Å²) in [5.41, 5.74) is 11.9. The standard InChI is InChI=1S/C10H16N2O2.ClH/c1-14-9-4-2-3-7(10(9)13)8(12)5-6-11;/h2-4,8,13H,5-6,11-12H2,1H3;1H/t8-;/m0./s1. The van der Waals surface area contributed by atoms with Gasteiger partial charge in [-0.3, -0.25) is 0 Å². The number of halogens is 1. The number of ether oxygens (including phenoxy) is 1. The number of phenolic OH excluding ortho intramolecular Hbond substituents is 1. The number of para-hydroxylation sites is 1. The fourth-order valence-electron chi connectivity index (χ4n) is 1.34. The van der Waals surface area contributed by atoms with E-state index in [2.05, 4.69) is 0 Å². The van der Waals surface area contributed by atoms with E-state index in [9.17, 15) is 5.11 Å². The van der Waals surface area contributed by atoms with Crippen LogP contribution in [-0.4, -0.2) is 18.8 Å². The van der Waals surface area contributed by atoms with E-state index in [0.717, 1.165) is 0 Å². The second-order valence-electron chi connectivity index (χ2n) is 3.08. The van der Waals surface area contributed by atoms with Crippen molar-refractivity contribution >= 4 is 12.4 Å². The van der Waals surface area contributed by atoms with E-state index in [0.29, 0.717) is 24.3 Å². The number of hydrogen-bond donors (Lipinski definition) is 3. The monoisotopic (exact) mass is 232 g/mol. The third kappa shape index (κ3) is 3.27. The number of hydrogen-bond acceptors (Lipinski definition) is 4. The van der Waals surface area contributed by atoms with Crippen molar-refractivity contribution in [1.29, 1.82) is 0 Å². The Kier molecular flexibility index (Phi) is 6.08. The third-order valence-corrected chi connectivity index (χ3v) is 2.13. The Labute approximate surface area is 95.6 Å². The first-order valence-electron chi connectivity index (χ1n) is 4.52. The Balaban J connectivity index is 0.00000196. The average Bonchev–Trinajstić information content (AvgIpc) is 2.18. The molecule has 0 aliphatic rings. The molecule has 0 bridgehead atoms. The van der Waals surface area contributed by atoms with Crippen LogP contribution in [-0.2, 0) is 0 Å². The Morgan fingerprint density at radius 1 is 1.47 bits per heavy atom. The van der Waals surface area contributed by atoms with Gasteiger partial charge in [0.25, 0.3) is 0 Å². The van der Waals surface area contributed by atoms with Crippen LogP contribution in [0.3, 0.4) is 0 Å². The summed E-state index contributed by atoms with van der Waals surface area (Å²) < 4.78 is 4.98. The van der Waals surface area contributed by atoms with E-state index < -0.39 is 0 Å². The summed E-state index contributed by atoms with van der Waals surface area (Å²) in [4.78, 5) is 0. The maximum Gasteiger partial charge on any atom is 0.162 e. The molecule has 0 saturated heterocycles. The molecule has 0 spiro atoms. The molecule has 0 aliphatic carbocycles. The highest BCUT2D eigenvalue weighted by atomic mass is 35.5. The van der Waals surface area contributed by atoms with Crippen molar-refractivity contribution < 1.29 is 9.84 Å². The highest BCUT2D eigenvalue weighted by molar-refractivity contribution is 5.85. The van der Waals surface area contributed by atoms with Crippen molar-refractivity contribution in [1.82, 2.24) is 0 Å². The molecular formula is C10H17ClN2O2. The third-order valence-electron chi connectivity index (χ3n) is 2.13. The smallest absolute Gasteiger partial charge is 0.162 e. The Morgan fingerprint density at radius 3 is 2.67 bits per heavy atom. The number of benzene rings is 1. The molecule has 1 rings (SSSR count). The van der Waals surface area contributed by atoms with Crippen LogP contribution >= 0.6 is 12.4 Å². The number of aromatic hydroxyl groups is 1. The fraction of sp³-hybridized carbons (Fsp3) is 0.400. The van der Waals surface area contributed by atoms with Crippen molar-refractivity contribution in [2.75, 3.05) is 13.7 Å². The minimum Gasteiger partial charge on any atom is -0.504 e. The summed E-state index contributed by atoms with van der Waals surface area (Å²) in [6.07, 6.45) is 0.640. The molecule has 0 unspecified atom stereocenters. The van der Waals surface area contributed by atoms with Gasteiger partial charge >= 0.3 is 0 Å². The van der Waals surface area contributed by atoms with Gasteiger partial charge in [-0.2, -0.15) is 0 Å². The van der Waals surface area contributed by atoms with Gasteiger partial charge in [0.2, 0.25) is 0 Å². The molecule has 0 heterocycles. The molecule has 15 heavy (non-hydrogen) atoms. The zero-order chi connectivity index (χ0) is 10.6. The van der Waals surface area contributed by atoms with Crippen LogP contribution in [0, 0.1) is 0 Å². The molecule has 86 valence electrons. The number of methoxy groups -OCH3 is 1. The molecule has 0 amide bonds. The summed E-state index contributed by atoms with van der Waals surface area (Å²) in [7, 11) is 1.51. The first-order valence-corrected chi connectivity index (χ1v) is 4.52. The number of nitrogens with two attached hydrogens (primary N) is 2. The lowest BCUT2D eigenvalue weighted by Gasteiger charge is -2.14. The molecule has 0 aromatic heterocycles. The van der Waals surface area contributed by atoms with Crippen molar-refractivity contribution in [3.8, 4) is 11.5 Å². The molecular weight excluding hydrogens is 216 g/mol. The quantitative estimate of drug-likeness (QED) is 0.728. The lowest BCUT2D eigenvalue weighted by atomic mass is 10.0. The van der Waals surface area contributed by atoms with E-state index in [1.807, 2.05) is 0 Å². The largest absolute Gasteiger partial charge is 0.504 e. The molecule has 0 fully saturated rings. The molecule has 5 heteroatoms. The van der Waals surface area contributed by atoms with Gasteiger partial charge in [-0.15, -0.1) is 12.4 Å². The molecule has 0 aliphatic heterocycles. The molecule has 0 saturated carbocycles. The SMILES string of the molecule is COc1cccc([C@@H](N)CCN)c1O.Cl. The van der Waals surface area contributed by atoms with Crippen LogP contribution in [0.4, 0.5) is 0 Å². The molecule has 1 atom stereocenters. The molecule has 1 aromatic rings. The number of phenols is 1. The summed E-state index contributed by atoms with van der Waals surface area (Å²) in [5.74, 6) is 0.547. The first kappa shape index (κ1) is 14.0. The van der Waals surface area contributed by atoms with Gasteiger partial charge in [-0.25, -0.2) is 0 Å². The van der Waals surface area contributed by atoms with Gasteiger partial charge in [0.15, 0.2) is 11.5 Å². The normalized spacial score (nSPS) is 11.7. The van der Waals surface area contributed by atoms with Crippen LogP contribution in [0.1, 0.15) is 18.0 Å². The average molecular weight is 233 g/mol. The fourth-order valence-corrected chi connectivity index (χ4v) is 1.34. The van der Waals surface area contributed by atoms with E-state index in [1.54, 1.807) is 18.2 Å². The van der Waals surface area contributed by atoms with Crippen LogP contribution in [0.2, 0.25) is 0 Å². The minimum absolute atomic E-state index is 0. The second-order valence-corrected chi connectivity index (χ2v) is 3.08. The predicted octanol–water partition coefficient (Wildman–Crippen LogP) is 1.17. The Morgan fingerprint density at radius 2 is 2.13 bits per heavy atom. The Bertz CT molecular complexity index is 307. The van der Waals surface area contributed by atoms with Gasteiger partial charge in [0.1, 0.15) is 0 Å². The molecule has 1 aromatic carbocycles. The second kappa shape index (κ2) is 6.50. The topological polar surface area (TPSA) is 81.5 Å². The highest BCUT2D eigenvalue weighted by Gasteiger charge is 2.13. The zero-order valence-corrected chi connectivity index (χ0v) is 9.46. The van der Waals surface area contributed by atoms with Gasteiger partial charge in [0, 0.05) is 11.6 Å². The van der Waals surface area contributed by atoms with Crippen LogP contribution in [0.5, 0.6) is 11.5 Å². The predicted molar refractivity (Wildman–Crippen MR) is 62.5 cm³/mol. The van der Waals surface area contributed by atoms with Gasteiger partial charge < -0.3 is 21.3 Å². The minimum atomic E-state index is -0.241. The van der Waals surface area contributed by atoms with E-state index in [-0.39, 0.29) is 24.2 Å². The maximum absolute atomic E-state index is 9.74. The van der Waals surface area contributed by atoms with Crippen molar-refractivity contribution in [3.63, 3.8) is 0 Å². The molecule has 5 N–H and O–H groups in total. The van der Waals surface area contributed by atoms with Crippen molar-refractivity contribution in [3.05, 3.63) is 23.8 Å². The van der Waals surface area contributed by atoms with E-state index in [4.69, 9.17) is 16.2 Å². The molecule has 4 nitrogen and oxygen atoms in total. The lowest BCUT2D eigenvalue weighted by Crippen LogP contribution is -2.15. The summed E-state index contributed by atoms with van der Waals surface area (Å²) in [6.45, 7) is 0.498. The summed E-state index contributed by atoms with van der Waals surface area (Å²) in [5, 5.41) is 9.74. The summed E-state index contributed by atoms with van der Waals surface area (Å²) >= 11 is 0. The van der Waals surface area contributed by atoms with Gasteiger partial charge in [-0.1, -0.05) is 12.1 Å². The molecule has 0 radical (unpaired) electrons. The first-order chi connectivity index (χ1) is 6.70. The van der Waals surface area contributed by atoms with E-state index in [1.165, 1.54) is 7.11 Å². The van der Waals surface area contributed by atoms with E-state index >= 15 is 0 Å². The van der Waals surface area contributed by atoms with Gasteiger partial charge in [0.05, 0.1) is 7.11 Å². The van der Waals surface area contributed by atoms with Crippen molar-refractivity contribution in [2.24, 2.45) is 11.5 Å². The number of rotatable bonds is 4. The van der Waals surface area contributed by atoms with Crippen molar-refractivity contribution in [2.45, 2.75) is 12.5 Å².